The molecule has 4 heterocycles. The molecular formula is C26H31N7O. The van der Waals surface area contributed by atoms with Gasteiger partial charge in [-0.25, -0.2) is 4.68 Å². The molecular weight excluding hydrogens is 426 g/mol. The van der Waals surface area contributed by atoms with Crippen LogP contribution in [0.1, 0.15) is 55.4 Å². The van der Waals surface area contributed by atoms with Gasteiger partial charge in [-0.2, -0.15) is 15.1 Å². The second-order valence-corrected chi connectivity index (χ2v) is 8.91. The number of benzene rings is 1. The molecule has 5 rings (SSSR count). The highest BCUT2D eigenvalue weighted by molar-refractivity contribution is 5.85. The van der Waals surface area contributed by atoms with Crippen LogP contribution in [0.15, 0.2) is 55.0 Å². The van der Waals surface area contributed by atoms with Gasteiger partial charge in [0, 0.05) is 18.9 Å². The minimum atomic E-state index is -0.163. The van der Waals surface area contributed by atoms with Crippen molar-refractivity contribution in [1.82, 2.24) is 29.6 Å². The number of ether oxygens (including phenoxy) is 1. The Hall–Kier alpha value is -3.52. The highest BCUT2D eigenvalue weighted by Crippen LogP contribution is 2.27. The maximum Gasteiger partial charge on any atom is 0.321 e. The molecule has 8 heteroatoms. The number of aromatic nitrogens is 5. The lowest BCUT2D eigenvalue weighted by atomic mass is 10.1. The number of nitrogen functional groups attached to an aromatic ring is 1. The Labute approximate surface area is 199 Å². The summed E-state index contributed by atoms with van der Waals surface area (Å²) < 4.78 is 8.07. The Morgan fingerprint density at radius 2 is 1.68 bits per heavy atom. The third-order valence-corrected chi connectivity index (χ3v) is 6.34. The monoisotopic (exact) mass is 457 g/mol. The standard InChI is InChI=1S/C26H31N7O/c1-2-5-23(21-10-12-28-13-11-21)34-26-30-24(27)22-16-29-33(25(22)31-26)18-20-8-6-19(7-9-20)17-32-14-3-4-15-32/h6-13,16,23H,2-5,14-15,17-18H2,1H3,(H2,27,30,31)/t23-/m1/s1. The van der Waals surface area contributed by atoms with E-state index in [0.29, 0.717) is 18.0 Å². The molecule has 34 heavy (non-hydrogen) atoms. The average molecular weight is 458 g/mol. The summed E-state index contributed by atoms with van der Waals surface area (Å²) in [6.45, 7) is 6.15. The van der Waals surface area contributed by atoms with Crippen LogP contribution in [0.2, 0.25) is 0 Å². The zero-order valence-corrected chi connectivity index (χ0v) is 19.6. The summed E-state index contributed by atoms with van der Waals surface area (Å²) >= 11 is 0. The van der Waals surface area contributed by atoms with Gasteiger partial charge in [0.1, 0.15) is 11.9 Å². The van der Waals surface area contributed by atoms with E-state index >= 15 is 0 Å². The van der Waals surface area contributed by atoms with Gasteiger partial charge in [0.25, 0.3) is 0 Å². The average Bonchev–Trinajstić information content (AvgIpc) is 3.51. The van der Waals surface area contributed by atoms with Crippen molar-refractivity contribution in [3.05, 3.63) is 71.7 Å². The van der Waals surface area contributed by atoms with E-state index < -0.39 is 0 Å². The van der Waals surface area contributed by atoms with Crippen molar-refractivity contribution < 1.29 is 4.74 Å². The number of fused-ring (bicyclic) bond motifs is 1. The molecule has 0 radical (unpaired) electrons. The van der Waals surface area contributed by atoms with E-state index in [0.717, 1.165) is 35.9 Å². The first kappa shape index (κ1) is 22.3. The zero-order chi connectivity index (χ0) is 23.3. The lowest BCUT2D eigenvalue weighted by Gasteiger charge is -2.17. The first-order valence-corrected chi connectivity index (χ1v) is 12.1. The Morgan fingerprint density at radius 1 is 0.971 bits per heavy atom. The van der Waals surface area contributed by atoms with Gasteiger partial charge in [-0.15, -0.1) is 0 Å². The van der Waals surface area contributed by atoms with Crippen LogP contribution in [0.25, 0.3) is 11.0 Å². The Balaban J connectivity index is 1.35. The molecule has 0 aliphatic carbocycles. The molecule has 4 aromatic rings. The summed E-state index contributed by atoms with van der Waals surface area (Å²) in [6, 6.07) is 12.9. The summed E-state index contributed by atoms with van der Waals surface area (Å²) in [5.41, 5.74) is 10.5. The summed E-state index contributed by atoms with van der Waals surface area (Å²) in [6.07, 6.45) is 9.53. The van der Waals surface area contributed by atoms with Crippen LogP contribution in [0.3, 0.4) is 0 Å². The predicted molar refractivity (Wildman–Crippen MR) is 132 cm³/mol. The molecule has 3 aromatic heterocycles. The van der Waals surface area contributed by atoms with E-state index in [1.807, 2.05) is 16.8 Å². The number of rotatable bonds is 9. The highest BCUT2D eigenvalue weighted by Gasteiger charge is 2.18. The second kappa shape index (κ2) is 10.2. The van der Waals surface area contributed by atoms with Gasteiger partial charge in [-0.3, -0.25) is 9.88 Å². The van der Waals surface area contributed by atoms with Crippen molar-refractivity contribution in [1.29, 1.82) is 0 Å². The number of pyridine rings is 1. The van der Waals surface area contributed by atoms with E-state index in [4.69, 9.17) is 15.5 Å². The van der Waals surface area contributed by atoms with Gasteiger partial charge in [-0.05, 0) is 61.2 Å². The van der Waals surface area contributed by atoms with Crippen LogP contribution in [-0.4, -0.2) is 42.7 Å². The number of nitrogens with two attached hydrogens (primary N) is 1. The summed E-state index contributed by atoms with van der Waals surface area (Å²) in [7, 11) is 0. The van der Waals surface area contributed by atoms with Gasteiger partial charge >= 0.3 is 6.01 Å². The Kier molecular flexibility index (Phi) is 6.67. The maximum absolute atomic E-state index is 6.25. The molecule has 0 unspecified atom stereocenters. The van der Waals surface area contributed by atoms with Crippen LogP contribution in [0, 0.1) is 0 Å². The van der Waals surface area contributed by atoms with Gasteiger partial charge in [0.15, 0.2) is 5.65 Å². The SMILES string of the molecule is CCC[C@@H](Oc1nc(N)c2cnn(Cc3ccc(CN4CCCC4)cc3)c2n1)c1ccncc1. The molecule has 1 atom stereocenters. The minimum Gasteiger partial charge on any atom is -0.455 e. The van der Waals surface area contributed by atoms with E-state index in [1.165, 1.54) is 31.5 Å². The summed E-state index contributed by atoms with van der Waals surface area (Å²) in [4.78, 5) is 15.7. The summed E-state index contributed by atoms with van der Waals surface area (Å²) in [5, 5.41) is 5.26. The van der Waals surface area contributed by atoms with Gasteiger partial charge < -0.3 is 10.5 Å². The maximum atomic E-state index is 6.25. The predicted octanol–water partition coefficient (Wildman–Crippen LogP) is 4.37. The Morgan fingerprint density at radius 3 is 2.38 bits per heavy atom. The number of anilines is 1. The lowest BCUT2D eigenvalue weighted by Crippen LogP contribution is -2.18. The van der Waals surface area contributed by atoms with Crippen molar-refractivity contribution in [3.63, 3.8) is 0 Å². The van der Waals surface area contributed by atoms with E-state index in [-0.39, 0.29) is 12.1 Å². The van der Waals surface area contributed by atoms with Crippen LogP contribution in [0.5, 0.6) is 6.01 Å². The molecule has 0 bridgehead atoms. The van der Waals surface area contributed by atoms with E-state index in [9.17, 15) is 0 Å². The van der Waals surface area contributed by atoms with Gasteiger partial charge in [-0.1, -0.05) is 37.6 Å². The van der Waals surface area contributed by atoms with Crippen molar-refractivity contribution >= 4 is 16.9 Å². The molecule has 1 aromatic carbocycles. The molecule has 176 valence electrons. The third kappa shape index (κ3) is 5.02. The van der Waals surface area contributed by atoms with Crippen molar-refractivity contribution in [3.8, 4) is 6.01 Å². The van der Waals surface area contributed by atoms with E-state index in [1.54, 1.807) is 18.6 Å². The molecule has 1 aliphatic rings. The third-order valence-electron chi connectivity index (χ3n) is 6.34. The molecule has 1 fully saturated rings. The fraction of sp³-hybridized carbons (Fsp3) is 0.385. The molecule has 1 saturated heterocycles. The highest BCUT2D eigenvalue weighted by atomic mass is 16.5. The molecule has 0 spiro atoms. The minimum absolute atomic E-state index is 0.163. The van der Waals surface area contributed by atoms with Crippen LogP contribution < -0.4 is 10.5 Å². The Bertz CT molecular complexity index is 1220. The molecule has 1 aliphatic heterocycles. The molecule has 8 nitrogen and oxygen atoms in total. The van der Waals surface area contributed by atoms with Crippen molar-refractivity contribution in [2.45, 2.75) is 51.8 Å². The first-order chi connectivity index (χ1) is 16.7. The normalized spacial score (nSPS) is 15.1. The van der Waals surface area contributed by atoms with Crippen LogP contribution in [-0.2, 0) is 13.1 Å². The first-order valence-electron chi connectivity index (χ1n) is 12.1. The lowest BCUT2D eigenvalue weighted by molar-refractivity contribution is 0.177. The fourth-order valence-electron chi connectivity index (χ4n) is 4.51. The molecule has 0 saturated carbocycles. The molecule has 0 amide bonds. The van der Waals surface area contributed by atoms with Gasteiger partial charge in [0.05, 0.1) is 18.1 Å². The number of hydrogen-bond acceptors (Lipinski definition) is 7. The van der Waals surface area contributed by atoms with Crippen LogP contribution in [0.4, 0.5) is 5.82 Å². The quantitative estimate of drug-likeness (QED) is 0.399. The topological polar surface area (TPSA) is 95.0 Å². The number of nitrogens with zero attached hydrogens (tertiary/aromatic N) is 6. The smallest absolute Gasteiger partial charge is 0.321 e. The molecule has 2 N–H and O–H groups in total. The largest absolute Gasteiger partial charge is 0.455 e. The summed E-state index contributed by atoms with van der Waals surface area (Å²) in [5.74, 6) is 0.372. The fourth-order valence-corrected chi connectivity index (χ4v) is 4.51. The number of likely N-dealkylation sites (tertiary alicyclic amines) is 1. The van der Waals surface area contributed by atoms with Crippen LogP contribution >= 0.6 is 0 Å². The number of hydrogen-bond donors (Lipinski definition) is 1. The van der Waals surface area contributed by atoms with E-state index in [2.05, 4.69) is 51.2 Å². The van der Waals surface area contributed by atoms with Crippen molar-refractivity contribution in [2.75, 3.05) is 18.8 Å². The zero-order valence-electron chi connectivity index (χ0n) is 19.6. The second-order valence-electron chi connectivity index (χ2n) is 8.91. The van der Waals surface area contributed by atoms with Gasteiger partial charge in [0.2, 0.25) is 0 Å². The van der Waals surface area contributed by atoms with Crippen molar-refractivity contribution in [2.24, 2.45) is 0 Å².